The molecule has 0 N–H and O–H groups in total. The van der Waals surface area contributed by atoms with Crippen molar-refractivity contribution in [2.45, 2.75) is 70.5 Å². The summed E-state index contributed by atoms with van der Waals surface area (Å²) in [4.78, 5) is 11.3. The molecule has 0 spiro atoms. The molecule has 0 aliphatic carbocycles. The van der Waals surface area contributed by atoms with Crippen LogP contribution in [0.25, 0.3) is 0 Å². The minimum atomic E-state index is -1.62. The lowest BCUT2D eigenvalue weighted by Crippen LogP contribution is -2.59. The summed E-state index contributed by atoms with van der Waals surface area (Å²) >= 11 is 0. The minimum Gasteiger partial charge on any atom is -0.462 e. The zero-order valence-corrected chi connectivity index (χ0v) is 15.7. The lowest BCUT2D eigenvalue weighted by molar-refractivity contribution is -0.207. The summed E-state index contributed by atoms with van der Waals surface area (Å²) in [5, 5.41) is 0. The summed E-state index contributed by atoms with van der Waals surface area (Å²) in [6, 6.07) is 1.21. The first-order valence-electron chi connectivity index (χ1n) is 8.45. The van der Waals surface area contributed by atoms with Gasteiger partial charge in [0, 0.05) is 18.6 Å². The summed E-state index contributed by atoms with van der Waals surface area (Å²) in [5.74, 6) is -0.329. The van der Waals surface area contributed by atoms with Crippen LogP contribution < -0.4 is 0 Å². The number of carbonyl (C=O) groups excluding carboxylic acids is 1. The highest BCUT2D eigenvalue weighted by atomic mass is 28.3. The van der Waals surface area contributed by atoms with E-state index in [9.17, 15) is 4.79 Å². The molecule has 1 aliphatic heterocycles. The van der Waals surface area contributed by atoms with Crippen molar-refractivity contribution in [2.75, 3.05) is 19.8 Å². The third-order valence-electron chi connectivity index (χ3n) is 4.35. The van der Waals surface area contributed by atoms with Gasteiger partial charge in [0.2, 0.25) is 0 Å². The number of hydrogen-bond donors (Lipinski definition) is 0. The maximum absolute atomic E-state index is 11.3. The molecule has 5 heteroatoms. The zero-order chi connectivity index (χ0) is 16.6. The Morgan fingerprint density at radius 2 is 2.05 bits per heavy atom. The van der Waals surface area contributed by atoms with Crippen LogP contribution in [0.5, 0.6) is 0 Å². The molecule has 1 fully saturated rings. The highest BCUT2D eigenvalue weighted by Gasteiger charge is 2.49. The van der Waals surface area contributed by atoms with Gasteiger partial charge in [-0.1, -0.05) is 39.1 Å². The molecule has 22 heavy (non-hydrogen) atoms. The van der Waals surface area contributed by atoms with E-state index in [1.54, 1.807) is 6.92 Å². The fourth-order valence-electron chi connectivity index (χ4n) is 3.01. The van der Waals surface area contributed by atoms with Crippen molar-refractivity contribution in [2.24, 2.45) is 0 Å². The van der Waals surface area contributed by atoms with Crippen molar-refractivity contribution >= 4 is 14.0 Å². The summed E-state index contributed by atoms with van der Waals surface area (Å²) in [7, 11) is -1.62. The Kier molecular flexibility index (Phi) is 7.80. The Morgan fingerprint density at radius 3 is 2.59 bits per heavy atom. The number of ether oxygens (including phenoxy) is 3. The fourth-order valence-corrected chi connectivity index (χ4v) is 6.48. The minimum absolute atomic E-state index is 0.329. The smallest absolute Gasteiger partial charge is 0.333 e. The van der Waals surface area contributed by atoms with Crippen LogP contribution in [0.2, 0.25) is 19.1 Å². The van der Waals surface area contributed by atoms with Gasteiger partial charge in [0.15, 0.2) is 5.41 Å². The predicted molar refractivity (Wildman–Crippen MR) is 91.5 cm³/mol. The molecule has 1 unspecified atom stereocenters. The maximum atomic E-state index is 11.3. The van der Waals surface area contributed by atoms with Gasteiger partial charge in [-0.15, -0.1) is 0 Å². The van der Waals surface area contributed by atoms with Crippen LogP contribution in [0.1, 0.15) is 46.0 Å². The van der Waals surface area contributed by atoms with Crippen molar-refractivity contribution in [3.63, 3.8) is 0 Å². The highest BCUT2D eigenvalue weighted by molar-refractivity contribution is 6.79. The third-order valence-corrected chi connectivity index (χ3v) is 8.70. The van der Waals surface area contributed by atoms with E-state index in [0.717, 1.165) is 19.4 Å². The quantitative estimate of drug-likeness (QED) is 0.277. The highest BCUT2D eigenvalue weighted by Crippen LogP contribution is 2.38. The van der Waals surface area contributed by atoms with Crippen LogP contribution >= 0.6 is 0 Å². The molecule has 0 aromatic rings. The van der Waals surface area contributed by atoms with Crippen molar-refractivity contribution in [1.82, 2.24) is 0 Å². The van der Waals surface area contributed by atoms with E-state index in [4.69, 9.17) is 14.2 Å². The van der Waals surface area contributed by atoms with Gasteiger partial charge in [0.25, 0.3) is 0 Å². The number of carbonyl (C=O) groups is 1. The Bertz CT molecular complexity index is 373. The van der Waals surface area contributed by atoms with E-state index < -0.39 is 8.07 Å². The molecule has 128 valence electrons. The first-order valence-corrected chi connectivity index (χ1v) is 11.7. The number of rotatable bonds is 9. The molecule has 1 heterocycles. The predicted octanol–water partition coefficient (Wildman–Crippen LogP) is 4.07. The second-order valence-corrected chi connectivity index (χ2v) is 11.8. The normalized spacial score (nSPS) is 22.4. The van der Waals surface area contributed by atoms with Gasteiger partial charge >= 0.3 is 5.97 Å². The first-order chi connectivity index (χ1) is 10.3. The molecular weight excluding hydrogens is 296 g/mol. The molecule has 0 aromatic heterocycles. The molecule has 0 amide bonds. The first kappa shape index (κ1) is 19.4. The molecule has 0 radical (unpaired) electrons. The maximum Gasteiger partial charge on any atom is 0.333 e. The molecule has 0 saturated carbocycles. The SMILES string of the molecule is C=C(C)C(=O)OCCCOC1([Si](C)(C)CCC)CCCCO1. The van der Waals surface area contributed by atoms with Gasteiger partial charge < -0.3 is 14.2 Å². The largest absolute Gasteiger partial charge is 0.462 e. The molecule has 1 rings (SSSR count). The standard InChI is InChI=1S/C17H32O4Si/c1-6-14-22(4,5)17(10-7-8-12-20-17)21-13-9-11-19-16(18)15(2)3/h2,6-14H2,1,3-5H3. The Morgan fingerprint density at radius 1 is 1.32 bits per heavy atom. The molecule has 1 aliphatic rings. The molecule has 0 aromatic carbocycles. The number of hydrogen-bond acceptors (Lipinski definition) is 4. The lowest BCUT2D eigenvalue weighted by atomic mass is 10.2. The summed E-state index contributed by atoms with van der Waals surface area (Å²) < 4.78 is 17.5. The summed E-state index contributed by atoms with van der Waals surface area (Å²) in [5.41, 5.74) is 0.0732. The zero-order valence-electron chi connectivity index (χ0n) is 14.7. The summed E-state index contributed by atoms with van der Waals surface area (Å²) in [6.45, 7) is 13.9. The van der Waals surface area contributed by atoms with Gasteiger partial charge in [-0.25, -0.2) is 4.79 Å². The van der Waals surface area contributed by atoms with E-state index in [0.29, 0.717) is 25.2 Å². The van der Waals surface area contributed by atoms with Crippen molar-refractivity contribution in [3.05, 3.63) is 12.2 Å². The van der Waals surface area contributed by atoms with Gasteiger partial charge in [-0.2, -0.15) is 0 Å². The topological polar surface area (TPSA) is 44.8 Å². The van der Waals surface area contributed by atoms with Gasteiger partial charge in [-0.05, 0) is 26.2 Å². The van der Waals surface area contributed by atoms with E-state index in [2.05, 4.69) is 26.6 Å². The van der Waals surface area contributed by atoms with Crippen LogP contribution in [-0.2, 0) is 19.0 Å². The van der Waals surface area contributed by atoms with Gasteiger partial charge in [-0.3, -0.25) is 0 Å². The average molecular weight is 329 g/mol. The van der Waals surface area contributed by atoms with Crippen LogP contribution in [0.4, 0.5) is 0 Å². The molecule has 0 bridgehead atoms. The fraction of sp³-hybridized carbons (Fsp3) is 0.824. The molecule has 1 atom stereocenters. The van der Waals surface area contributed by atoms with Crippen molar-refractivity contribution < 1.29 is 19.0 Å². The molecular formula is C17H32O4Si. The summed E-state index contributed by atoms with van der Waals surface area (Å²) in [6.07, 6.45) is 5.16. The van der Waals surface area contributed by atoms with Crippen molar-refractivity contribution in [3.8, 4) is 0 Å². The van der Waals surface area contributed by atoms with Crippen LogP contribution in [0.15, 0.2) is 12.2 Å². The van der Waals surface area contributed by atoms with Crippen molar-refractivity contribution in [1.29, 1.82) is 0 Å². The second-order valence-electron chi connectivity index (χ2n) is 6.81. The monoisotopic (exact) mass is 328 g/mol. The lowest BCUT2D eigenvalue weighted by Gasteiger charge is -2.47. The average Bonchev–Trinajstić information content (AvgIpc) is 2.47. The van der Waals surface area contributed by atoms with E-state index in [1.165, 1.54) is 18.9 Å². The molecule has 1 saturated heterocycles. The van der Waals surface area contributed by atoms with Crippen LogP contribution in [0, 0.1) is 0 Å². The van der Waals surface area contributed by atoms with E-state index >= 15 is 0 Å². The van der Waals surface area contributed by atoms with Gasteiger partial charge in [0.1, 0.15) is 8.07 Å². The van der Waals surface area contributed by atoms with Gasteiger partial charge in [0.05, 0.1) is 13.2 Å². The van der Waals surface area contributed by atoms with E-state index in [1.807, 2.05) is 0 Å². The van der Waals surface area contributed by atoms with Crippen LogP contribution in [0.3, 0.4) is 0 Å². The second kappa shape index (κ2) is 8.84. The Balaban J connectivity index is 2.49. The Hall–Kier alpha value is -0.653. The van der Waals surface area contributed by atoms with Crippen LogP contribution in [-0.4, -0.2) is 39.3 Å². The third kappa shape index (κ3) is 5.21. The Labute approximate surface area is 136 Å². The van der Waals surface area contributed by atoms with E-state index in [-0.39, 0.29) is 11.4 Å². The number of esters is 1. The molecule has 4 nitrogen and oxygen atoms in total.